The van der Waals surface area contributed by atoms with Crippen LogP contribution in [0, 0.1) is 0 Å². The summed E-state index contributed by atoms with van der Waals surface area (Å²) in [6.45, 7) is -2.90. The molecule has 20 heavy (non-hydrogen) atoms. The topological polar surface area (TPSA) is 65.2 Å². The second-order valence-electron chi connectivity index (χ2n) is 4.31. The highest BCUT2D eigenvalue weighted by Gasteiger charge is 2.11. The molecule has 2 N–H and O–H groups in total. The average molecular weight is 302 g/mol. The van der Waals surface area contributed by atoms with E-state index in [0.29, 0.717) is 5.52 Å². The molecule has 0 radical (unpaired) electrons. The molecule has 0 atom stereocenters. The SMILES string of the molecule is [2H]C([2H])(CN(C)C([2H])([2H])[2H])c1c[nH]c2ccc(C([2H])([2H])S(=O)(=O)NC)cc12. The molecule has 1 heterocycles. The number of likely N-dealkylation sites (N-methyl/N-ethyl adjacent to an activating group) is 1. The van der Waals surface area contributed by atoms with Crippen LogP contribution in [0.15, 0.2) is 24.4 Å². The van der Waals surface area contributed by atoms with Gasteiger partial charge < -0.3 is 9.88 Å². The Kier molecular flexibility index (Phi) is 2.43. The van der Waals surface area contributed by atoms with Gasteiger partial charge in [-0.2, -0.15) is 0 Å². The number of hydrogen-bond donors (Lipinski definition) is 2. The van der Waals surface area contributed by atoms with Gasteiger partial charge in [0.15, 0.2) is 0 Å². The first-order chi connectivity index (χ1) is 12.1. The maximum Gasteiger partial charge on any atom is 0.215 e. The zero-order chi connectivity index (χ0) is 20.8. The number of benzene rings is 1. The van der Waals surface area contributed by atoms with Gasteiger partial charge in [0.25, 0.3) is 0 Å². The Hall–Kier alpha value is -1.37. The van der Waals surface area contributed by atoms with Crippen LogP contribution >= 0.6 is 0 Å². The van der Waals surface area contributed by atoms with E-state index in [1.54, 1.807) is 0 Å². The van der Waals surface area contributed by atoms with Crippen molar-refractivity contribution < 1.29 is 18.0 Å². The summed E-state index contributed by atoms with van der Waals surface area (Å²) in [5.74, 6) is 0. The molecule has 6 heteroatoms. The first-order valence-corrected chi connectivity index (χ1v) is 7.38. The molecule has 0 fully saturated rings. The Morgan fingerprint density at radius 3 is 3.00 bits per heavy atom. The van der Waals surface area contributed by atoms with Gasteiger partial charge in [0.05, 0.1) is 5.70 Å². The second kappa shape index (κ2) is 5.95. The predicted octanol–water partition coefficient (Wildman–Crippen LogP) is 1.32. The van der Waals surface area contributed by atoms with Crippen molar-refractivity contribution in [2.24, 2.45) is 0 Å². The van der Waals surface area contributed by atoms with Crippen LogP contribution < -0.4 is 4.72 Å². The molecule has 0 aliphatic carbocycles. The molecule has 1 aromatic carbocycles. The maximum absolute atomic E-state index is 12.0. The van der Waals surface area contributed by atoms with Crippen molar-refractivity contribution in [2.45, 2.75) is 12.1 Å². The molecule has 0 saturated carbocycles. The predicted molar refractivity (Wildman–Crippen MR) is 82.2 cm³/mol. The van der Waals surface area contributed by atoms with Crippen LogP contribution in [0.2, 0.25) is 0 Å². The molecule has 2 rings (SSSR count). The lowest BCUT2D eigenvalue weighted by Gasteiger charge is -2.08. The van der Waals surface area contributed by atoms with Crippen molar-refractivity contribution in [3.05, 3.63) is 35.5 Å². The van der Waals surface area contributed by atoms with Crippen LogP contribution in [0.25, 0.3) is 10.9 Å². The second-order valence-corrected chi connectivity index (χ2v) is 5.92. The van der Waals surface area contributed by atoms with Crippen LogP contribution in [0.3, 0.4) is 0 Å². The summed E-state index contributed by atoms with van der Waals surface area (Å²) in [7, 11) is -1.90. The lowest BCUT2D eigenvalue weighted by Crippen LogP contribution is -2.20. The van der Waals surface area contributed by atoms with Gasteiger partial charge in [0.2, 0.25) is 10.0 Å². The largest absolute Gasteiger partial charge is 0.361 e. The Morgan fingerprint density at radius 1 is 1.50 bits per heavy atom. The first-order valence-electron chi connectivity index (χ1n) is 9.40. The van der Waals surface area contributed by atoms with Crippen molar-refractivity contribution in [1.29, 1.82) is 0 Å². The number of aromatic nitrogens is 1. The van der Waals surface area contributed by atoms with Gasteiger partial charge in [0.1, 0.15) is 0 Å². The third kappa shape index (κ3) is 3.59. The molecule has 0 aliphatic heterocycles. The molecule has 0 amide bonds. The van der Waals surface area contributed by atoms with Gasteiger partial charge in [-0.05, 0) is 50.7 Å². The minimum absolute atomic E-state index is 0.119. The maximum atomic E-state index is 12.0. The Labute approximate surface area is 129 Å². The third-order valence-corrected chi connectivity index (χ3v) is 3.75. The number of rotatable bonds is 6. The average Bonchev–Trinajstić information content (AvgIpc) is 2.97. The van der Waals surface area contributed by atoms with E-state index in [1.165, 1.54) is 31.4 Å². The molecule has 0 aliphatic rings. The molecule has 5 nitrogen and oxygen atoms in total. The fourth-order valence-electron chi connectivity index (χ4n) is 1.74. The number of nitrogens with zero attached hydrogens (tertiary/aromatic N) is 1. The van der Waals surface area contributed by atoms with E-state index in [-0.39, 0.29) is 16.5 Å². The summed E-state index contributed by atoms with van der Waals surface area (Å²) in [4.78, 5) is 3.75. The molecule has 0 unspecified atom stereocenters. The van der Waals surface area contributed by atoms with Crippen LogP contribution in [-0.2, 0) is 22.1 Å². The van der Waals surface area contributed by atoms with Crippen molar-refractivity contribution in [3.8, 4) is 0 Å². The van der Waals surface area contributed by atoms with Crippen molar-refractivity contribution in [2.75, 3.05) is 27.6 Å². The molecule has 0 bridgehead atoms. The van der Waals surface area contributed by atoms with Crippen molar-refractivity contribution in [1.82, 2.24) is 14.6 Å². The lowest BCUT2D eigenvalue weighted by atomic mass is 10.1. The number of aromatic amines is 1. The molecule has 2 aromatic rings. The van der Waals surface area contributed by atoms with E-state index < -0.39 is 35.6 Å². The summed E-state index contributed by atoms with van der Waals surface area (Å²) in [5, 5.41) is 0.284. The fourth-order valence-corrected chi connectivity index (χ4v) is 2.28. The molecule has 0 spiro atoms. The van der Waals surface area contributed by atoms with E-state index in [4.69, 9.17) is 9.60 Å². The van der Waals surface area contributed by atoms with Gasteiger partial charge in [-0.15, -0.1) is 0 Å². The van der Waals surface area contributed by atoms with Crippen LogP contribution in [0.5, 0.6) is 0 Å². The minimum atomic E-state index is -4.29. The van der Waals surface area contributed by atoms with Crippen molar-refractivity contribution in [3.63, 3.8) is 0 Å². The van der Waals surface area contributed by atoms with Crippen molar-refractivity contribution >= 4 is 20.9 Å². The van der Waals surface area contributed by atoms with Gasteiger partial charge in [0, 0.05) is 33.2 Å². The lowest BCUT2D eigenvalue weighted by molar-refractivity contribution is 0.414. The number of nitrogens with one attached hydrogen (secondary N) is 2. The van der Waals surface area contributed by atoms with E-state index in [0.717, 1.165) is 11.9 Å². The summed E-state index contributed by atoms with van der Waals surface area (Å²) < 4.78 is 80.6. The number of hydrogen-bond acceptors (Lipinski definition) is 3. The Balaban J connectivity index is 2.55. The number of sulfonamides is 1. The number of H-pyrrole nitrogens is 1. The van der Waals surface area contributed by atoms with Gasteiger partial charge in [-0.3, -0.25) is 0 Å². The van der Waals surface area contributed by atoms with Gasteiger partial charge in [-0.25, -0.2) is 13.1 Å². The zero-order valence-corrected chi connectivity index (χ0v) is 12.0. The van der Waals surface area contributed by atoms with E-state index in [2.05, 4.69) is 4.98 Å². The Morgan fingerprint density at radius 2 is 2.30 bits per heavy atom. The fraction of sp³-hybridized carbons (Fsp3) is 0.429. The summed E-state index contributed by atoms with van der Waals surface area (Å²) >= 11 is 0. The molecule has 1 aromatic heterocycles. The molecule has 0 saturated heterocycles. The van der Waals surface area contributed by atoms with Crippen LogP contribution in [0.1, 0.15) is 20.7 Å². The zero-order valence-electron chi connectivity index (χ0n) is 18.2. The van der Waals surface area contributed by atoms with Crippen LogP contribution in [0.4, 0.5) is 0 Å². The smallest absolute Gasteiger partial charge is 0.215 e. The van der Waals surface area contributed by atoms with Gasteiger partial charge >= 0.3 is 0 Å². The van der Waals surface area contributed by atoms with E-state index >= 15 is 0 Å². The van der Waals surface area contributed by atoms with Crippen LogP contribution in [-0.4, -0.2) is 45.9 Å². The van der Waals surface area contributed by atoms with E-state index in [9.17, 15) is 8.42 Å². The molecular formula is C14H21N3O2S. The normalized spacial score (nSPS) is 19.6. The summed E-state index contributed by atoms with van der Waals surface area (Å²) in [6, 6.07) is 4.03. The standard InChI is InChI=1S/C14H21N3O2S/c1-15-20(18,19)10-11-4-5-14-13(8-11)12(9-16-14)6-7-17(2)3/h4-5,8-9,15-16H,6-7,10H2,1-3H3/i2D3,6D2,10D2. The Bertz CT molecular complexity index is 938. The minimum Gasteiger partial charge on any atom is -0.361 e. The summed E-state index contributed by atoms with van der Waals surface area (Å²) in [6.07, 6.45) is -0.696. The highest BCUT2D eigenvalue weighted by Crippen LogP contribution is 2.21. The summed E-state index contributed by atoms with van der Waals surface area (Å²) in [5.41, 5.74) is -2.29. The molecular weight excluding hydrogens is 274 g/mol. The monoisotopic (exact) mass is 302 g/mol. The molecule has 110 valence electrons. The van der Waals surface area contributed by atoms with E-state index in [1.807, 2.05) is 4.72 Å². The van der Waals surface area contributed by atoms with Gasteiger partial charge in [-0.1, -0.05) is 6.07 Å². The highest BCUT2D eigenvalue weighted by molar-refractivity contribution is 7.88. The first kappa shape index (κ1) is 8.17. The number of fused-ring (bicyclic) bond motifs is 1. The quantitative estimate of drug-likeness (QED) is 0.846. The highest BCUT2D eigenvalue weighted by atomic mass is 32.2. The third-order valence-electron chi connectivity index (χ3n) is 2.71.